The number of hydrogen-bond acceptors (Lipinski definition) is 7. The lowest BCUT2D eigenvalue weighted by atomic mass is 9.87. The van der Waals surface area contributed by atoms with Gasteiger partial charge in [0.2, 0.25) is 0 Å². The molecule has 0 aliphatic heterocycles. The van der Waals surface area contributed by atoms with E-state index in [2.05, 4.69) is 39.0 Å². The first-order valence-corrected chi connectivity index (χ1v) is 12.8. The number of anilines is 1. The van der Waals surface area contributed by atoms with Crippen molar-refractivity contribution in [2.24, 2.45) is 5.73 Å². The van der Waals surface area contributed by atoms with Crippen LogP contribution in [0.2, 0.25) is 5.15 Å². The fourth-order valence-corrected chi connectivity index (χ4v) is 5.94. The van der Waals surface area contributed by atoms with Crippen molar-refractivity contribution in [3.63, 3.8) is 0 Å². The molecule has 3 aromatic heterocycles. The van der Waals surface area contributed by atoms with E-state index in [0.29, 0.717) is 22.8 Å². The second-order valence-electron chi connectivity index (χ2n) is 7.84. The summed E-state index contributed by atoms with van der Waals surface area (Å²) in [7, 11) is 0. The standard InChI is InChI=1S/C24H21ClF3N3O2S2/c25-19-12-18(30-13-14-6-5-11-34-14)22-20(31-19)16(8-3-4-10-33-23(32)24(26,27)28)21(35-22)15-7-1-2-9-17(15)29/h1-2,5-6,11-12,15,17H,4,7,9-10,13,29H2,(H,30,31)/t15-,17-/m1/s1. The molecule has 5 nitrogen and oxygen atoms in total. The Morgan fingerprint density at radius 3 is 2.86 bits per heavy atom. The molecule has 35 heavy (non-hydrogen) atoms. The van der Waals surface area contributed by atoms with Crippen LogP contribution in [0.3, 0.4) is 0 Å². The molecular weight excluding hydrogens is 519 g/mol. The van der Waals surface area contributed by atoms with Gasteiger partial charge in [0.25, 0.3) is 0 Å². The molecule has 0 bridgehead atoms. The summed E-state index contributed by atoms with van der Waals surface area (Å²) in [6, 6.07) is 5.69. The molecule has 0 fully saturated rings. The smallest absolute Gasteiger partial charge is 0.458 e. The molecule has 0 aromatic carbocycles. The first-order valence-electron chi connectivity index (χ1n) is 10.8. The third kappa shape index (κ3) is 6.16. The van der Waals surface area contributed by atoms with Crippen LogP contribution in [0, 0.1) is 11.8 Å². The Morgan fingerprint density at radius 1 is 1.34 bits per heavy atom. The number of alkyl halides is 3. The van der Waals surface area contributed by atoms with Crippen molar-refractivity contribution in [1.82, 2.24) is 4.98 Å². The maximum absolute atomic E-state index is 12.3. The van der Waals surface area contributed by atoms with Gasteiger partial charge < -0.3 is 15.8 Å². The number of halogens is 4. The number of rotatable bonds is 6. The fourth-order valence-electron chi connectivity index (χ4n) is 3.73. The number of aromatic nitrogens is 1. The molecule has 3 aromatic rings. The highest BCUT2D eigenvalue weighted by Gasteiger charge is 2.40. The first kappa shape index (κ1) is 25.5. The van der Waals surface area contributed by atoms with Crippen molar-refractivity contribution in [1.29, 1.82) is 0 Å². The summed E-state index contributed by atoms with van der Waals surface area (Å²) in [5, 5.41) is 5.73. The van der Waals surface area contributed by atoms with E-state index >= 15 is 0 Å². The number of nitrogens with zero attached hydrogens (tertiary/aromatic N) is 1. The number of thiophene rings is 2. The summed E-state index contributed by atoms with van der Waals surface area (Å²) in [6.45, 7) is 0.161. The predicted octanol–water partition coefficient (Wildman–Crippen LogP) is 6.23. The van der Waals surface area contributed by atoms with E-state index in [9.17, 15) is 18.0 Å². The van der Waals surface area contributed by atoms with Crippen LogP contribution in [0.25, 0.3) is 10.2 Å². The molecule has 0 amide bonds. The Bertz CT molecular complexity index is 1290. The molecular formula is C24H21ClF3N3O2S2. The molecule has 3 heterocycles. The van der Waals surface area contributed by atoms with Crippen molar-refractivity contribution >= 4 is 56.1 Å². The Balaban J connectivity index is 1.66. The van der Waals surface area contributed by atoms with Crippen LogP contribution in [-0.4, -0.2) is 29.8 Å². The topological polar surface area (TPSA) is 77.2 Å². The lowest BCUT2D eigenvalue weighted by molar-refractivity contribution is -0.199. The van der Waals surface area contributed by atoms with Crippen LogP contribution in [0.4, 0.5) is 18.9 Å². The zero-order valence-corrected chi connectivity index (χ0v) is 20.7. The SMILES string of the molecule is N[C@@H]1CC=CC[C@H]1c1sc2c(NCc3cccs3)cc(Cl)nc2c1C#CCCOC(=O)C(F)(F)F. The Kier molecular flexibility index (Phi) is 8.02. The largest absolute Gasteiger partial charge is 0.490 e. The van der Waals surface area contributed by atoms with Crippen LogP contribution >= 0.6 is 34.3 Å². The number of esters is 1. The molecule has 2 atom stereocenters. The zero-order valence-electron chi connectivity index (χ0n) is 18.3. The molecule has 184 valence electrons. The molecule has 0 saturated heterocycles. The van der Waals surface area contributed by atoms with Gasteiger partial charge in [-0.25, -0.2) is 9.78 Å². The Hall–Kier alpha value is -2.58. The van der Waals surface area contributed by atoms with Gasteiger partial charge in [-0.3, -0.25) is 0 Å². The Labute approximate surface area is 213 Å². The second-order valence-corrected chi connectivity index (χ2v) is 10.3. The predicted molar refractivity (Wildman–Crippen MR) is 134 cm³/mol. The number of carbonyl (C=O) groups excluding carboxylic acids is 1. The summed E-state index contributed by atoms with van der Waals surface area (Å²) in [6.07, 6.45) is 0.538. The molecule has 1 aliphatic carbocycles. The minimum absolute atomic E-state index is 0.0236. The maximum Gasteiger partial charge on any atom is 0.490 e. The number of pyridine rings is 1. The molecule has 3 N–H and O–H groups in total. The maximum atomic E-state index is 12.3. The average Bonchev–Trinajstić information content (AvgIpc) is 3.45. The van der Waals surface area contributed by atoms with Crippen molar-refractivity contribution < 1.29 is 22.7 Å². The normalized spacial score (nSPS) is 17.7. The zero-order chi connectivity index (χ0) is 25.0. The van der Waals surface area contributed by atoms with Gasteiger partial charge in [0.1, 0.15) is 17.3 Å². The van der Waals surface area contributed by atoms with Gasteiger partial charge in [-0.15, -0.1) is 22.7 Å². The van der Waals surface area contributed by atoms with Gasteiger partial charge in [0, 0.05) is 40.7 Å². The third-order valence-electron chi connectivity index (χ3n) is 5.39. The van der Waals surface area contributed by atoms with E-state index in [0.717, 1.165) is 33.0 Å². The van der Waals surface area contributed by atoms with Gasteiger partial charge in [0.15, 0.2) is 0 Å². The second kappa shape index (κ2) is 11.0. The first-order chi connectivity index (χ1) is 16.7. The van der Waals surface area contributed by atoms with E-state index in [1.165, 1.54) is 0 Å². The highest BCUT2D eigenvalue weighted by Crippen LogP contribution is 2.43. The fraction of sp³-hybridized carbons (Fsp3) is 0.333. The van der Waals surface area contributed by atoms with Gasteiger partial charge in [-0.2, -0.15) is 13.2 Å². The Morgan fingerprint density at radius 2 is 2.14 bits per heavy atom. The van der Waals surface area contributed by atoms with Crippen LogP contribution in [0.5, 0.6) is 0 Å². The van der Waals surface area contributed by atoms with Crippen molar-refractivity contribution in [2.45, 2.75) is 43.9 Å². The van der Waals surface area contributed by atoms with Crippen LogP contribution in [0.1, 0.15) is 40.5 Å². The lowest BCUT2D eigenvalue weighted by Gasteiger charge is -2.24. The van der Waals surface area contributed by atoms with Gasteiger partial charge >= 0.3 is 12.1 Å². The summed E-state index contributed by atoms with van der Waals surface area (Å²) < 4.78 is 42.1. The monoisotopic (exact) mass is 539 g/mol. The molecule has 0 spiro atoms. The minimum Gasteiger partial charge on any atom is -0.458 e. The lowest BCUT2D eigenvalue weighted by Crippen LogP contribution is -2.29. The molecule has 11 heteroatoms. The van der Waals surface area contributed by atoms with Crippen LogP contribution < -0.4 is 11.1 Å². The molecule has 0 saturated carbocycles. The number of allylic oxidation sites excluding steroid dienone is 1. The number of fused-ring (bicyclic) bond motifs is 1. The average molecular weight is 540 g/mol. The highest BCUT2D eigenvalue weighted by atomic mass is 35.5. The number of hydrogen-bond donors (Lipinski definition) is 2. The number of nitrogens with one attached hydrogen (secondary N) is 1. The summed E-state index contributed by atoms with van der Waals surface area (Å²) >= 11 is 9.54. The number of ether oxygens (including phenoxy) is 1. The van der Waals surface area contributed by atoms with E-state index in [1.807, 2.05) is 17.5 Å². The van der Waals surface area contributed by atoms with Crippen molar-refractivity contribution in [2.75, 3.05) is 11.9 Å². The summed E-state index contributed by atoms with van der Waals surface area (Å²) in [5.74, 6) is 3.68. The summed E-state index contributed by atoms with van der Waals surface area (Å²) in [4.78, 5) is 17.6. The van der Waals surface area contributed by atoms with Gasteiger partial charge in [-0.05, 0) is 24.3 Å². The van der Waals surface area contributed by atoms with E-state index in [1.54, 1.807) is 28.7 Å². The van der Waals surface area contributed by atoms with Gasteiger partial charge in [0.05, 0.1) is 16.0 Å². The van der Waals surface area contributed by atoms with Crippen molar-refractivity contribution in [3.05, 3.63) is 56.2 Å². The van der Waals surface area contributed by atoms with Crippen LogP contribution in [0.15, 0.2) is 35.7 Å². The van der Waals surface area contributed by atoms with Crippen molar-refractivity contribution in [3.8, 4) is 11.8 Å². The highest BCUT2D eigenvalue weighted by molar-refractivity contribution is 7.20. The number of nitrogens with two attached hydrogens (primary N) is 1. The van der Waals surface area contributed by atoms with E-state index in [-0.39, 0.29) is 18.4 Å². The molecule has 1 aliphatic rings. The molecule has 0 radical (unpaired) electrons. The van der Waals surface area contributed by atoms with Gasteiger partial charge in [-0.1, -0.05) is 41.7 Å². The van der Waals surface area contributed by atoms with E-state index < -0.39 is 18.8 Å². The quantitative estimate of drug-likeness (QED) is 0.128. The molecule has 0 unspecified atom stereocenters. The third-order valence-corrected chi connectivity index (χ3v) is 7.81. The molecule has 4 rings (SSSR count). The minimum atomic E-state index is -5.03. The van der Waals surface area contributed by atoms with Crippen LogP contribution in [-0.2, 0) is 16.1 Å². The summed E-state index contributed by atoms with van der Waals surface area (Å²) in [5.41, 5.74) is 8.53. The van der Waals surface area contributed by atoms with E-state index in [4.69, 9.17) is 17.3 Å². The number of carbonyl (C=O) groups is 1.